The molecule has 0 unspecified atom stereocenters. The zero-order valence-corrected chi connectivity index (χ0v) is 66.2. The standard InChI is InChI=1S/C36H24Br2S6.C36H26S6.C4H8O.BHNS/c1-17-5-9-27(39-17)35(28-10-6-18(2)40-28)23-13-22-24(14-21(23)33-25(35)15-31(37)43-33)36(29-11-7-19(3)41-29,30-12-8-20(4)42-30)26-16-32(38)44-34(22)26;1-19-5-9-29(39-19)35(30-10-6-20(2)40-30)25-13-15-37-33(25)23-18-28-24(17-27(23)35)34-26(14-16-38-34)36(28,31-11-7-21(3)41-31)32-12-8-22(4)42-32;1-2-4-5-3-1;1-2-3/h5-16H,1-4H3;5-18H,1-4H3;1-4H2;3H. The molecule has 0 atom stereocenters. The van der Waals surface area contributed by atoms with Crippen LogP contribution in [0, 0.1) is 55.4 Å². The van der Waals surface area contributed by atoms with Crippen LogP contribution in [0.3, 0.4) is 0 Å². The van der Waals surface area contributed by atoms with Crippen LogP contribution in [0.1, 0.15) is 135 Å². The summed E-state index contributed by atoms with van der Waals surface area (Å²) < 4.78 is 10.0. The number of benzene rings is 2. The fourth-order valence-electron chi connectivity index (χ4n) is 15.3. The fourth-order valence-corrected chi connectivity index (χ4v) is 29.7. The summed E-state index contributed by atoms with van der Waals surface area (Å²) in [7, 11) is 4.34. The van der Waals surface area contributed by atoms with Crippen LogP contribution in [0.25, 0.3) is 41.8 Å². The van der Waals surface area contributed by atoms with Crippen molar-refractivity contribution in [1.29, 1.82) is 0 Å². The van der Waals surface area contributed by atoms with Gasteiger partial charge in [0.2, 0.25) is 0 Å². The van der Waals surface area contributed by atoms with E-state index in [4.69, 9.17) is 4.74 Å². The minimum atomic E-state index is -0.334. The normalized spacial score (nSPS) is 15.6. The molecule has 2 aromatic carbocycles. The molecular weight excluding hydrogens is 1530 g/mol. The molecule has 0 bridgehead atoms. The van der Waals surface area contributed by atoms with E-state index >= 15 is 0 Å². The van der Waals surface area contributed by atoms with Gasteiger partial charge in [-0.3, -0.25) is 0 Å². The number of hydrogen-bond acceptors (Lipinski definition) is 15. The summed E-state index contributed by atoms with van der Waals surface area (Å²) in [6, 6.07) is 57.5. The van der Waals surface area contributed by atoms with E-state index in [9.17, 15) is 0 Å². The maximum absolute atomic E-state index is 4.94. The summed E-state index contributed by atoms with van der Waals surface area (Å²) in [5, 5.41) is 4.62. The Labute approximate surface area is 621 Å². The second-order valence-corrected chi connectivity index (χ2v) is 41.7. The molecule has 0 amide bonds. The van der Waals surface area contributed by atoms with Gasteiger partial charge in [-0.15, -0.1) is 136 Å². The molecule has 4 aliphatic carbocycles. The summed E-state index contributed by atoms with van der Waals surface area (Å²) in [6.07, 6.45) is 2.56. The van der Waals surface area contributed by atoms with Gasteiger partial charge in [0.05, 0.1) is 29.2 Å². The summed E-state index contributed by atoms with van der Waals surface area (Å²) >= 11 is 34.2. The number of thiophene rings is 12. The van der Waals surface area contributed by atoms with E-state index in [1.54, 1.807) is 0 Å². The molecule has 1 saturated heterocycles. The second-order valence-electron chi connectivity index (χ2n) is 24.5. The molecule has 1 radical (unpaired) electrons. The van der Waals surface area contributed by atoms with Crippen molar-refractivity contribution < 1.29 is 4.74 Å². The first-order valence-corrected chi connectivity index (χ1v) is 42.8. The topological polar surface area (TPSA) is 21.6 Å². The van der Waals surface area contributed by atoms with Gasteiger partial charge >= 0.3 is 24.8 Å². The molecule has 5 aliphatic rings. The molecule has 14 aromatic rings. The third-order valence-electron chi connectivity index (χ3n) is 19.0. The first-order valence-electron chi connectivity index (χ1n) is 30.9. The number of rotatable bonds is 8. The molecule has 2 nitrogen and oxygen atoms in total. The van der Waals surface area contributed by atoms with Gasteiger partial charge in [0.25, 0.3) is 0 Å². The Morgan fingerprint density at radius 1 is 0.330 bits per heavy atom. The fraction of sp³-hybridized carbons (Fsp3) is 0.211. The molecular formula is C76H59BBr2NOS13. The number of hydrogen-bond donors (Lipinski definition) is 1. The number of fused-ring (bicyclic) bond motifs is 12. The minimum absolute atomic E-state index is 0.279. The van der Waals surface area contributed by atoms with Crippen LogP contribution in [0.5, 0.6) is 0 Å². The zero-order valence-electron chi connectivity index (χ0n) is 52.4. The van der Waals surface area contributed by atoms with Gasteiger partial charge < -0.3 is 4.74 Å². The van der Waals surface area contributed by atoms with Gasteiger partial charge in [-0.1, -0.05) is 0 Å². The molecule has 13 heterocycles. The number of ether oxygens (including phenoxy) is 1. The van der Waals surface area contributed by atoms with Crippen molar-refractivity contribution in [2.75, 3.05) is 13.2 Å². The third-order valence-corrected chi connectivity index (χ3v) is 33.2. The molecule has 18 heteroatoms. The van der Waals surface area contributed by atoms with Crippen LogP contribution >= 0.6 is 181 Å². The predicted molar refractivity (Wildman–Crippen MR) is 427 cm³/mol. The number of halogens is 2. The maximum atomic E-state index is 4.94. The summed E-state index contributed by atoms with van der Waals surface area (Å²) in [5.41, 5.74) is 15.8. The Bertz CT molecular complexity index is 4770. The first kappa shape index (κ1) is 64.6. The Kier molecular flexibility index (Phi) is 17.2. The van der Waals surface area contributed by atoms with E-state index in [0.29, 0.717) is 0 Å². The van der Waals surface area contributed by atoms with E-state index in [-0.39, 0.29) is 21.7 Å². The number of thiol groups is 1. The molecule has 0 spiro atoms. The van der Waals surface area contributed by atoms with Crippen LogP contribution in [0.15, 0.2) is 168 Å². The average molecular weight is 1590 g/mol. The van der Waals surface area contributed by atoms with E-state index in [1.807, 2.05) is 136 Å². The summed E-state index contributed by atoms with van der Waals surface area (Å²) in [6.45, 7) is 19.9. The van der Waals surface area contributed by atoms with Gasteiger partial charge in [-0.25, -0.2) is 0 Å². The quantitative estimate of drug-likeness (QED) is 0.119. The monoisotopic (exact) mass is 1590 g/mol. The SMILES string of the molecule is C1CCOC1.Cc1ccc(C2(c3ccc(C)s3)c3cc4c(cc3-c3sc(Br)cc32)C(c2ccc(C)s2)(c2ccc(C)s2)c2cc(Br)sc2-4)s1.Cc1ccc(C2(c3ccc(C)s3)c3cc4c(cc3-c3sccc32)C(c2ccc(C)s2)(c2ccc(C)s2)c2ccsc2-4)s1.[B]=NS. The van der Waals surface area contributed by atoms with Gasteiger partial charge in [0, 0.05) is 111 Å². The van der Waals surface area contributed by atoms with Crippen molar-refractivity contribution in [3.05, 3.63) is 286 Å². The molecule has 19 rings (SSSR count). The Hall–Kier alpha value is -4.03. The van der Waals surface area contributed by atoms with Crippen LogP contribution < -0.4 is 0 Å². The molecule has 1 fully saturated rings. The third kappa shape index (κ3) is 9.77. The predicted octanol–water partition coefficient (Wildman–Crippen LogP) is 26.5. The van der Waals surface area contributed by atoms with E-state index < -0.39 is 0 Å². The molecule has 94 heavy (non-hydrogen) atoms. The van der Waals surface area contributed by atoms with Crippen molar-refractivity contribution in [2.24, 2.45) is 4.30 Å². The molecule has 469 valence electrons. The number of nitrogens with zero attached hydrogens (tertiary/aromatic N) is 1. The summed E-state index contributed by atoms with van der Waals surface area (Å²) in [5.74, 6) is 0. The van der Waals surface area contributed by atoms with E-state index in [2.05, 4.69) is 268 Å². The van der Waals surface area contributed by atoms with Crippen LogP contribution in [-0.2, 0) is 26.4 Å². The molecule has 12 aromatic heterocycles. The number of aryl methyl sites for hydroxylation is 8. The van der Waals surface area contributed by atoms with Gasteiger partial charge in [0.15, 0.2) is 0 Å². The average Bonchev–Trinajstić information content (AvgIpc) is 1.51. The van der Waals surface area contributed by atoms with Gasteiger partial charge in [-0.05, 0) is 323 Å². The second kappa shape index (κ2) is 25.0. The Morgan fingerprint density at radius 2 is 0.564 bits per heavy atom. The van der Waals surface area contributed by atoms with Crippen LogP contribution in [-0.4, -0.2) is 20.9 Å². The van der Waals surface area contributed by atoms with Crippen LogP contribution in [0.2, 0.25) is 0 Å². The van der Waals surface area contributed by atoms with Crippen molar-refractivity contribution in [1.82, 2.24) is 0 Å². The molecule has 0 N–H and O–H groups in total. The van der Waals surface area contributed by atoms with Crippen molar-refractivity contribution >= 4 is 188 Å². The molecule has 1 aliphatic heterocycles. The van der Waals surface area contributed by atoms with Gasteiger partial charge in [-0.2, -0.15) is 0 Å². The van der Waals surface area contributed by atoms with Crippen molar-refractivity contribution in [3.63, 3.8) is 0 Å². The Morgan fingerprint density at radius 3 is 0.777 bits per heavy atom. The van der Waals surface area contributed by atoms with E-state index in [1.165, 1.54) is 185 Å². The zero-order chi connectivity index (χ0) is 64.7. The van der Waals surface area contributed by atoms with E-state index in [0.717, 1.165) is 13.2 Å². The Balaban J connectivity index is 0.000000133. The van der Waals surface area contributed by atoms with Gasteiger partial charge in [0.1, 0.15) is 0 Å². The van der Waals surface area contributed by atoms with Crippen molar-refractivity contribution in [3.8, 4) is 41.8 Å². The van der Waals surface area contributed by atoms with Crippen molar-refractivity contribution in [2.45, 2.75) is 89.9 Å². The van der Waals surface area contributed by atoms with Crippen LogP contribution in [0.4, 0.5) is 0 Å². The first-order chi connectivity index (χ1) is 45.5. The molecule has 0 saturated carbocycles. The summed E-state index contributed by atoms with van der Waals surface area (Å²) in [4.78, 5) is 27.8.